The van der Waals surface area contributed by atoms with Crippen molar-refractivity contribution in [1.29, 1.82) is 0 Å². The summed E-state index contributed by atoms with van der Waals surface area (Å²) in [4.78, 5) is 0. The molecule has 0 saturated carbocycles. The van der Waals surface area contributed by atoms with Gasteiger partial charge in [0.05, 0.1) is 0 Å². The van der Waals surface area contributed by atoms with Gasteiger partial charge >= 0.3 is 0 Å². The van der Waals surface area contributed by atoms with Gasteiger partial charge < -0.3 is 0 Å². The van der Waals surface area contributed by atoms with Crippen molar-refractivity contribution in [1.82, 2.24) is 0 Å². The average Bonchev–Trinajstić information content (AvgIpc) is 2.38. The molecule has 0 fully saturated rings. The minimum Gasteiger partial charge on any atom is -0.115 e. The molecule has 2 heteroatoms. The Hall–Kier alpha value is -0.520. The van der Waals surface area contributed by atoms with Crippen LogP contribution in [0.3, 0.4) is 0 Å². The maximum Gasteiger partial charge on any atom is 0.0288 e. The predicted molar refractivity (Wildman–Crippen MR) is 79.8 cm³/mol. The Kier molecular flexibility index (Phi) is 10.6. The van der Waals surface area contributed by atoms with Gasteiger partial charge in [-0.15, -0.1) is 6.42 Å². The van der Waals surface area contributed by atoms with Crippen molar-refractivity contribution < 1.29 is 0 Å². The largest absolute Gasteiger partial charge is 0.115 e. The fraction of sp³-hybridized carbons (Fsp3) is 0.429. The molecule has 16 heavy (non-hydrogen) atoms. The van der Waals surface area contributed by atoms with Crippen LogP contribution in [0.4, 0.5) is 0 Å². The highest BCUT2D eigenvalue weighted by atomic mass is 33.1. The molecule has 0 aliphatic rings. The molecule has 0 aromatic heterocycles. The van der Waals surface area contributed by atoms with E-state index in [1.165, 1.54) is 17.7 Å². The summed E-state index contributed by atoms with van der Waals surface area (Å²) in [6, 6.07) is 8.21. The van der Waals surface area contributed by atoms with Crippen molar-refractivity contribution in [3.05, 3.63) is 35.4 Å². The van der Waals surface area contributed by atoms with Crippen molar-refractivity contribution in [2.75, 3.05) is 5.75 Å². The predicted octanol–water partition coefficient (Wildman–Crippen LogP) is 4.99. The summed E-state index contributed by atoms with van der Waals surface area (Å²) in [5.74, 6) is 4.91. The molecule has 0 aliphatic heterocycles. The van der Waals surface area contributed by atoms with Crippen molar-refractivity contribution in [3.8, 4) is 12.3 Å². The molecule has 0 unspecified atom stereocenters. The fourth-order valence-corrected chi connectivity index (χ4v) is 3.16. The van der Waals surface area contributed by atoms with E-state index in [-0.39, 0.29) is 0 Å². The lowest BCUT2D eigenvalue weighted by atomic mass is 10.2. The third kappa shape index (κ3) is 6.87. The molecule has 1 aromatic carbocycles. The lowest BCUT2D eigenvalue weighted by Gasteiger charge is -2.00. The molecule has 0 spiro atoms. The second kappa shape index (κ2) is 11.0. The number of hydrogen-bond acceptors (Lipinski definition) is 2. The zero-order chi connectivity index (χ0) is 12.2. The summed E-state index contributed by atoms with van der Waals surface area (Å²) < 4.78 is 0. The lowest BCUT2D eigenvalue weighted by Crippen LogP contribution is -1.80. The van der Waals surface area contributed by atoms with Gasteiger partial charge in [0.15, 0.2) is 0 Å². The zero-order valence-corrected chi connectivity index (χ0v) is 12.0. The first-order valence-electron chi connectivity index (χ1n) is 5.66. The lowest BCUT2D eigenvalue weighted by molar-refractivity contribution is 1.11. The van der Waals surface area contributed by atoms with Crippen LogP contribution < -0.4 is 0 Å². The van der Waals surface area contributed by atoms with Gasteiger partial charge in [-0.25, -0.2) is 0 Å². The van der Waals surface area contributed by atoms with Gasteiger partial charge in [-0.1, -0.05) is 60.4 Å². The van der Waals surface area contributed by atoms with E-state index in [4.69, 9.17) is 6.42 Å². The molecule has 0 atom stereocenters. The van der Waals surface area contributed by atoms with Crippen molar-refractivity contribution >= 4 is 21.6 Å². The third-order valence-corrected chi connectivity index (χ3v) is 4.26. The molecule has 88 valence electrons. The average molecular weight is 252 g/mol. The van der Waals surface area contributed by atoms with Crippen LogP contribution >= 0.6 is 21.6 Å². The number of benzene rings is 1. The number of hydrogen-bond donors (Lipinski definition) is 0. The minimum atomic E-state index is 0.958. The molecule has 0 amide bonds. The highest BCUT2D eigenvalue weighted by Crippen LogP contribution is 2.26. The van der Waals surface area contributed by atoms with Gasteiger partial charge in [-0.05, 0) is 24.1 Å². The van der Waals surface area contributed by atoms with Gasteiger partial charge in [-0.2, -0.15) is 0 Å². The second-order valence-electron chi connectivity index (χ2n) is 2.93. The quantitative estimate of drug-likeness (QED) is 0.411. The van der Waals surface area contributed by atoms with E-state index in [1.807, 2.05) is 47.6 Å². The summed E-state index contributed by atoms with van der Waals surface area (Å²) in [7, 11) is 3.84. The van der Waals surface area contributed by atoms with Gasteiger partial charge in [0.2, 0.25) is 0 Å². The molecule has 0 bridgehead atoms. The Labute approximate surface area is 108 Å². The molecule has 0 saturated heterocycles. The molecule has 0 radical (unpaired) electrons. The number of terminal acetylenes is 1. The third-order valence-electron chi connectivity index (χ3n) is 1.72. The van der Waals surface area contributed by atoms with Crippen LogP contribution in [-0.4, -0.2) is 5.75 Å². The Balaban J connectivity index is 0.00000106. The van der Waals surface area contributed by atoms with Crippen molar-refractivity contribution in [2.45, 2.75) is 32.9 Å². The van der Waals surface area contributed by atoms with Gasteiger partial charge in [0.1, 0.15) is 0 Å². The van der Waals surface area contributed by atoms with Crippen LogP contribution in [-0.2, 0) is 5.75 Å². The van der Waals surface area contributed by atoms with E-state index in [1.54, 1.807) is 0 Å². The Morgan fingerprint density at radius 2 is 1.75 bits per heavy atom. The Morgan fingerprint density at radius 3 is 2.25 bits per heavy atom. The molecule has 1 rings (SSSR count). The molecular formula is C14H20S2. The maximum absolute atomic E-state index is 5.28. The topological polar surface area (TPSA) is 0 Å². The summed E-state index contributed by atoms with van der Waals surface area (Å²) in [5, 5.41) is 0. The molecule has 0 N–H and O–H groups in total. The van der Waals surface area contributed by atoms with E-state index in [0.29, 0.717) is 0 Å². The first-order chi connectivity index (χ1) is 7.86. The summed E-state index contributed by atoms with van der Waals surface area (Å²) in [6.45, 7) is 6.20. The van der Waals surface area contributed by atoms with E-state index in [0.717, 1.165) is 11.3 Å². The van der Waals surface area contributed by atoms with Crippen LogP contribution in [0.2, 0.25) is 0 Å². The first kappa shape index (κ1) is 15.5. The molecule has 0 nitrogen and oxygen atoms in total. The minimum absolute atomic E-state index is 0.958. The van der Waals surface area contributed by atoms with Crippen LogP contribution in [0.5, 0.6) is 0 Å². The van der Waals surface area contributed by atoms with Crippen LogP contribution in [0, 0.1) is 12.3 Å². The maximum atomic E-state index is 5.28. The van der Waals surface area contributed by atoms with E-state index in [2.05, 4.69) is 25.0 Å². The summed E-state index contributed by atoms with van der Waals surface area (Å²) in [5.41, 5.74) is 2.30. The smallest absolute Gasteiger partial charge is 0.0288 e. The van der Waals surface area contributed by atoms with E-state index >= 15 is 0 Å². The van der Waals surface area contributed by atoms with Crippen LogP contribution in [0.15, 0.2) is 24.3 Å². The number of rotatable bonds is 5. The summed E-state index contributed by atoms with van der Waals surface area (Å²) in [6.07, 6.45) is 6.52. The van der Waals surface area contributed by atoms with E-state index in [9.17, 15) is 0 Å². The van der Waals surface area contributed by atoms with Crippen molar-refractivity contribution in [2.24, 2.45) is 0 Å². The van der Waals surface area contributed by atoms with Gasteiger partial charge in [0, 0.05) is 17.1 Å². The SMILES string of the molecule is C#Cc1ccc(CSSCCC)cc1.CC. The van der Waals surface area contributed by atoms with Crippen LogP contribution in [0.1, 0.15) is 38.3 Å². The highest BCUT2D eigenvalue weighted by Gasteiger charge is 1.93. The van der Waals surface area contributed by atoms with Gasteiger partial charge in [0.25, 0.3) is 0 Å². The Bertz CT molecular complexity index is 296. The molecule has 1 aromatic rings. The molecule has 0 aliphatic carbocycles. The standard InChI is InChI=1S/C12H14S2.C2H6/c1-3-9-13-14-10-12-7-5-11(4-2)6-8-12;1-2/h2,5-8H,3,9-10H2,1H3;1-2H3. The molecule has 0 heterocycles. The second-order valence-corrected chi connectivity index (χ2v) is 5.51. The normalized spacial score (nSPS) is 8.88. The molecular weight excluding hydrogens is 232 g/mol. The summed E-state index contributed by atoms with van der Waals surface area (Å²) >= 11 is 0. The monoisotopic (exact) mass is 252 g/mol. The van der Waals surface area contributed by atoms with E-state index < -0.39 is 0 Å². The van der Waals surface area contributed by atoms with Crippen molar-refractivity contribution in [3.63, 3.8) is 0 Å². The Morgan fingerprint density at radius 1 is 1.12 bits per heavy atom. The van der Waals surface area contributed by atoms with Gasteiger partial charge in [-0.3, -0.25) is 0 Å². The first-order valence-corrected chi connectivity index (χ1v) is 8.15. The highest BCUT2D eigenvalue weighted by molar-refractivity contribution is 8.76. The van der Waals surface area contributed by atoms with Crippen LogP contribution in [0.25, 0.3) is 0 Å². The zero-order valence-electron chi connectivity index (χ0n) is 10.3. The fourth-order valence-electron chi connectivity index (χ4n) is 0.949.